The molecule has 0 radical (unpaired) electrons. The summed E-state index contributed by atoms with van der Waals surface area (Å²) in [5, 5.41) is 3.75. The SMILES string of the molecule is CC(=O)C1=C(C)Nc2c(c(=O)n(C)c(=O)n2C)C1c1ccc(Cl)c(Cl)c1. The molecular weight excluding hydrogens is 377 g/mol. The van der Waals surface area contributed by atoms with Crippen molar-refractivity contribution in [3.8, 4) is 0 Å². The van der Waals surface area contributed by atoms with Crippen molar-refractivity contribution in [2.24, 2.45) is 14.1 Å². The number of Topliss-reactive ketones (excluding diaryl/α,β-unsaturated/α-hetero) is 1. The molecular formula is C18H17Cl2N3O3. The van der Waals surface area contributed by atoms with Crippen LogP contribution in [0, 0.1) is 0 Å². The van der Waals surface area contributed by atoms with Crippen LogP contribution in [0.2, 0.25) is 10.0 Å². The molecule has 0 aliphatic carbocycles. The minimum Gasteiger partial charge on any atom is -0.344 e. The molecule has 0 amide bonds. The first kappa shape index (κ1) is 18.5. The lowest BCUT2D eigenvalue weighted by Crippen LogP contribution is -2.43. The topological polar surface area (TPSA) is 73.1 Å². The summed E-state index contributed by atoms with van der Waals surface area (Å²) < 4.78 is 2.39. The van der Waals surface area contributed by atoms with E-state index in [1.54, 1.807) is 32.2 Å². The molecule has 6 nitrogen and oxygen atoms in total. The van der Waals surface area contributed by atoms with Crippen LogP contribution < -0.4 is 16.6 Å². The molecule has 0 saturated heterocycles. The number of halogens is 2. The van der Waals surface area contributed by atoms with Crippen molar-refractivity contribution in [3.63, 3.8) is 0 Å². The molecule has 1 aliphatic rings. The van der Waals surface area contributed by atoms with E-state index >= 15 is 0 Å². The van der Waals surface area contributed by atoms with Gasteiger partial charge in [0.2, 0.25) is 0 Å². The van der Waals surface area contributed by atoms with Crippen LogP contribution in [-0.4, -0.2) is 14.9 Å². The number of nitrogens with zero attached hydrogens (tertiary/aromatic N) is 2. The first-order chi connectivity index (χ1) is 12.1. The lowest BCUT2D eigenvalue weighted by molar-refractivity contribution is -0.113. The van der Waals surface area contributed by atoms with E-state index in [-0.39, 0.29) is 5.78 Å². The van der Waals surface area contributed by atoms with Gasteiger partial charge in [-0.2, -0.15) is 0 Å². The molecule has 1 aromatic heterocycles. The zero-order chi connectivity index (χ0) is 19.3. The third kappa shape index (κ3) is 2.70. The lowest BCUT2D eigenvalue weighted by Gasteiger charge is -2.31. The largest absolute Gasteiger partial charge is 0.344 e. The van der Waals surface area contributed by atoms with Crippen LogP contribution in [0.4, 0.5) is 5.82 Å². The van der Waals surface area contributed by atoms with Crippen LogP contribution in [0.5, 0.6) is 0 Å². The van der Waals surface area contributed by atoms with E-state index in [4.69, 9.17) is 23.2 Å². The van der Waals surface area contributed by atoms with Gasteiger partial charge in [0.1, 0.15) is 5.82 Å². The minimum atomic E-state index is -0.649. The van der Waals surface area contributed by atoms with Gasteiger partial charge in [-0.3, -0.25) is 18.7 Å². The molecule has 0 spiro atoms. The number of anilines is 1. The number of carbonyl (C=O) groups is 1. The first-order valence-electron chi connectivity index (χ1n) is 7.88. The van der Waals surface area contributed by atoms with Crippen molar-refractivity contribution in [1.29, 1.82) is 0 Å². The highest BCUT2D eigenvalue weighted by molar-refractivity contribution is 6.42. The number of fused-ring (bicyclic) bond motifs is 1. The van der Waals surface area contributed by atoms with Gasteiger partial charge in [-0.05, 0) is 31.5 Å². The zero-order valence-electron chi connectivity index (χ0n) is 14.7. The summed E-state index contributed by atoms with van der Waals surface area (Å²) in [5.74, 6) is -0.451. The molecule has 8 heteroatoms. The number of nitrogens with one attached hydrogen (secondary N) is 1. The fraction of sp³-hybridized carbons (Fsp3) is 0.278. The third-order valence-electron chi connectivity index (χ3n) is 4.64. The van der Waals surface area contributed by atoms with Crippen LogP contribution in [0.1, 0.15) is 30.9 Å². The average Bonchev–Trinajstić information content (AvgIpc) is 2.59. The summed E-state index contributed by atoms with van der Waals surface area (Å²) in [6, 6.07) is 5.00. The Bertz CT molecular complexity index is 1100. The number of aromatic nitrogens is 2. The highest BCUT2D eigenvalue weighted by Crippen LogP contribution is 2.41. The Morgan fingerprint density at radius 1 is 1.12 bits per heavy atom. The summed E-state index contributed by atoms with van der Waals surface area (Å²) in [5.41, 5.74) is 1.10. The second-order valence-corrected chi connectivity index (χ2v) is 7.11. The highest BCUT2D eigenvalue weighted by atomic mass is 35.5. The second kappa shape index (κ2) is 6.45. The van der Waals surface area contributed by atoms with Gasteiger partial charge in [-0.1, -0.05) is 29.3 Å². The number of rotatable bonds is 2. The number of allylic oxidation sites excluding steroid dienone is 2. The Morgan fingerprint density at radius 3 is 2.35 bits per heavy atom. The summed E-state index contributed by atoms with van der Waals surface area (Å²) in [4.78, 5) is 37.6. The molecule has 3 rings (SSSR count). The van der Waals surface area contributed by atoms with Crippen molar-refractivity contribution in [1.82, 2.24) is 9.13 Å². The Labute approximate surface area is 159 Å². The van der Waals surface area contributed by atoms with Gasteiger partial charge in [-0.15, -0.1) is 0 Å². The van der Waals surface area contributed by atoms with Gasteiger partial charge in [0.15, 0.2) is 5.78 Å². The number of hydrogen-bond donors (Lipinski definition) is 1. The van der Waals surface area contributed by atoms with Gasteiger partial charge in [0.05, 0.1) is 15.6 Å². The molecule has 0 bridgehead atoms. The summed E-state index contributed by atoms with van der Waals surface area (Å²) in [6.07, 6.45) is 0. The summed E-state index contributed by atoms with van der Waals surface area (Å²) >= 11 is 12.2. The van der Waals surface area contributed by atoms with E-state index in [0.29, 0.717) is 38.3 Å². The van der Waals surface area contributed by atoms with Crippen LogP contribution in [0.15, 0.2) is 39.1 Å². The Balaban J connectivity index is 2.44. The monoisotopic (exact) mass is 393 g/mol. The van der Waals surface area contributed by atoms with Crippen LogP contribution in [0.25, 0.3) is 0 Å². The molecule has 26 heavy (non-hydrogen) atoms. The van der Waals surface area contributed by atoms with Crippen molar-refractivity contribution in [2.75, 3.05) is 5.32 Å². The predicted octanol–water partition coefficient (Wildman–Crippen LogP) is 2.81. The smallest absolute Gasteiger partial charge is 0.332 e. The summed E-state index contributed by atoms with van der Waals surface area (Å²) in [7, 11) is 2.99. The maximum Gasteiger partial charge on any atom is 0.332 e. The molecule has 0 fully saturated rings. The van der Waals surface area contributed by atoms with Gasteiger partial charge >= 0.3 is 5.69 Å². The van der Waals surface area contributed by atoms with E-state index in [1.165, 1.54) is 18.5 Å². The number of carbonyl (C=O) groups excluding carboxylic acids is 1. The van der Waals surface area contributed by atoms with Crippen molar-refractivity contribution >= 4 is 34.8 Å². The van der Waals surface area contributed by atoms with Crippen molar-refractivity contribution in [3.05, 3.63) is 71.5 Å². The summed E-state index contributed by atoms with van der Waals surface area (Å²) in [6.45, 7) is 3.19. The Morgan fingerprint density at radius 2 is 1.77 bits per heavy atom. The highest BCUT2D eigenvalue weighted by Gasteiger charge is 2.35. The first-order valence-corrected chi connectivity index (χ1v) is 8.64. The van der Waals surface area contributed by atoms with E-state index in [2.05, 4.69) is 5.32 Å². The van der Waals surface area contributed by atoms with Crippen LogP contribution in [0.3, 0.4) is 0 Å². The molecule has 1 aromatic carbocycles. The molecule has 2 heterocycles. The average molecular weight is 394 g/mol. The quantitative estimate of drug-likeness (QED) is 0.850. The predicted molar refractivity (Wildman–Crippen MR) is 102 cm³/mol. The standard InChI is InChI=1S/C18H17Cl2N3O3/c1-8-13(9(2)24)14(10-5-6-11(19)12(20)7-10)15-16(21-8)22(3)18(26)23(4)17(15)25/h5-7,14,21H,1-4H3. The van der Waals surface area contributed by atoms with E-state index in [0.717, 1.165) is 4.57 Å². The molecule has 136 valence electrons. The number of benzene rings is 1. The van der Waals surface area contributed by atoms with E-state index in [1.807, 2.05) is 0 Å². The third-order valence-corrected chi connectivity index (χ3v) is 5.38. The Hall–Kier alpha value is -2.31. The zero-order valence-corrected chi connectivity index (χ0v) is 16.2. The van der Waals surface area contributed by atoms with Gasteiger partial charge in [0.25, 0.3) is 5.56 Å². The van der Waals surface area contributed by atoms with Crippen molar-refractivity contribution < 1.29 is 4.79 Å². The van der Waals surface area contributed by atoms with Crippen LogP contribution in [-0.2, 0) is 18.9 Å². The van der Waals surface area contributed by atoms with Crippen LogP contribution >= 0.6 is 23.2 Å². The Kier molecular flexibility index (Phi) is 4.58. The fourth-order valence-corrected chi connectivity index (χ4v) is 3.69. The normalized spacial score (nSPS) is 16.3. The maximum atomic E-state index is 12.9. The van der Waals surface area contributed by atoms with E-state index < -0.39 is 17.2 Å². The van der Waals surface area contributed by atoms with Gasteiger partial charge < -0.3 is 5.32 Å². The number of ketones is 1. The molecule has 1 atom stereocenters. The molecule has 1 unspecified atom stereocenters. The minimum absolute atomic E-state index is 0.173. The molecule has 0 saturated carbocycles. The van der Waals surface area contributed by atoms with E-state index in [9.17, 15) is 14.4 Å². The fourth-order valence-electron chi connectivity index (χ4n) is 3.38. The lowest BCUT2D eigenvalue weighted by atomic mass is 9.80. The molecule has 2 aromatic rings. The molecule has 1 aliphatic heterocycles. The van der Waals surface area contributed by atoms with Gasteiger partial charge in [-0.25, -0.2) is 4.79 Å². The molecule has 1 N–H and O–H groups in total. The van der Waals surface area contributed by atoms with Crippen molar-refractivity contribution in [2.45, 2.75) is 19.8 Å². The second-order valence-electron chi connectivity index (χ2n) is 6.29. The number of hydrogen-bond acceptors (Lipinski definition) is 4. The van der Waals surface area contributed by atoms with Gasteiger partial charge in [0, 0.05) is 31.3 Å². The maximum absolute atomic E-state index is 12.9.